The van der Waals surface area contributed by atoms with Crippen molar-refractivity contribution in [2.24, 2.45) is 0 Å². The molecule has 2 heterocycles. The molecule has 0 fully saturated rings. The van der Waals surface area contributed by atoms with Crippen LogP contribution in [0.1, 0.15) is 32.1 Å². The molecule has 0 spiro atoms. The molecule has 0 radical (unpaired) electrons. The molecule has 112 valence electrons. The van der Waals surface area contributed by atoms with Gasteiger partial charge in [0, 0.05) is 37.4 Å². The van der Waals surface area contributed by atoms with Crippen molar-refractivity contribution in [3.8, 4) is 0 Å². The van der Waals surface area contributed by atoms with Crippen molar-refractivity contribution in [3.63, 3.8) is 0 Å². The van der Waals surface area contributed by atoms with Crippen LogP contribution in [-0.2, 0) is 19.2 Å². The zero-order chi connectivity index (χ0) is 15.2. The molecule has 0 aliphatic carbocycles. The number of hydrogen-bond donors (Lipinski definition) is 0. The van der Waals surface area contributed by atoms with Gasteiger partial charge in [-0.05, 0) is 12.8 Å². The van der Waals surface area contributed by atoms with E-state index in [1.165, 1.54) is 34.1 Å². The van der Waals surface area contributed by atoms with E-state index in [4.69, 9.17) is 0 Å². The Morgan fingerprint density at radius 3 is 1.14 bits per heavy atom. The summed E-state index contributed by atoms with van der Waals surface area (Å²) in [7, 11) is 0. The van der Waals surface area contributed by atoms with Crippen LogP contribution in [-0.4, -0.2) is 46.5 Å². The van der Waals surface area contributed by atoms with Gasteiger partial charge in [-0.25, -0.2) is 0 Å². The van der Waals surface area contributed by atoms with Gasteiger partial charge in [-0.3, -0.25) is 29.0 Å². The van der Waals surface area contributed by atoms with Gasteiger partial charge < -0.3 is 0 Å². The quantitative estimate of drug-likeness (QED) is 0.489. The third kappa shape index (κ3) is 3.87. The number of carbonyl (C=O) groups is 4. The lowest BCUT2D eigenvalue weighted by atomic mass is 10.1. The first-order valence-corrected chi connectivity index (χ1v) is 7.16. The Labute approximate surface area is 123 Å². The fraction of sp³-hybridized carbons (Fsp3) is 0.467. The maximum absolute atomic E-state index is 11.3. The third-order valence-corrected chi connectivity index (χ3v) is 3.56. The molecule has 4 amide bonds. The summed E-state index contributed by atoms with van der Waals surface area (Å²) in [6.07, 6.45) is 9.51. The van der Waals surface area contributed by atoms with E-state index in [2.05, 4.69) is 0 Å². The molecule has 0 unspecified atom stereocenters. The van der Waals surface area contributed by atoms with E-state index in [-0.39, 0.29) is 23.6 Å². The van der Waals surface area contributed by atoms with E-state index in [0.717, 1.165) is 32.1 Å². The maximum atomic E-state index is 11.3. The zero-order valence-electron chi connectivity index (χ0n) is 11.8. The summed E-state index contributed by atoms with van der Waals surface area (Å²) in [5, 5.41) is 0. The molecule has 21 heavy (non-hydrogen) atoms. The smallest absolute Gasteiger partial charge is 0.253 e. The van der Waals surface area contributed by atoms with Crippen LogP contribution < -0.4 is 0 Å². The van der Waals surface area contributed by atoms with Gasteiger partial charge in [0.2, 0.25) is 0 Å². The topological polar surface area (TPSA) is 74.8 Å². The van der Waals surface area contributed by atoms with E-state index in [9.17, 15) is 19.2 Å². The Balaban J connectivity index is 1.51. The molecular formula is C15H18N2O4. The normalized spacial score (nSPS) is 17.7. The summed E-state index contributed by atoms with van der Waals surface area (Å²) in [6, 6.07) is 0. The summed E-state index contributed by atoms with van der Waals surface area (Å²) >= 11 is 0. The molecule has 0 saturated heterocycles. The first kappa shape index (κ1) is 15.2. The van der Waals surface area contributed by atoms with Gasteiger partial charge in [-0.15, -0.1) is 0 Å². The van der Waals surface area contributed by atoms with Gasteiger partial charge in [-0.1, -0.05) is 19.3 Å². The number of nitrogens with zero attached hydrogens (tertiary/aromatic N) is 2. The van der Waals surface area contributed by atoms with E-state index in [1.54, 1.807) is 0 Å². The minimum atomic E-state index is -0.237. The van der Waals surface area contributed by atoms with Crippen molar-refractivity contribution >= 4 is 23.6 Å². The molecule has 0 aromatic rings. The highest BCUT2D eigenvalue weighted by Crippen LogP contribution is 2.10. The van der Waals surface area contributed by atoms with Gasteiger partial charge in [0.15, 0.2) is 0 Å². The van der Waals surface area contributed by atoms with Gasteiger partial charge in [-0.2, -0.15) is 0 Å². The lowest BCUT2D eigenvalue weighted by Crippen LogP contribution is -2.31. The highest BCUT2D eigenvalue weighted by molar-refractivity contribution is 6.13. The molecule has 2 aliphatic heterocycles. The molecule has 0 atom stereocenters. The molecule has 0 aromatic carbocycles. The van der Waals surface area contributed by atoms with Crippen LogP contribution in [0.5, 0.6) is 0 Å². The van der Waals surface area contributed by atoms with Crippen LogP contribution in [0, 0.1) is 0 Å². The van der Waals surface area contributed by atoms with Crippen LogP contribution in [0.3, 0.4) is 0 Å². The van der Waals surface area contributed by atoms with Gasteiger partial charge >= 0.3 is 0 Å². The van der Waals surface area contributed by atoms with E-state index >= 15 is 0 Å². The number of hydrogen-bond acceptors (Lipinski definition) is 4. The Hall–Kier alpha value is -2.24. The standard InChI is InChI=1S/C15H18N2O4/c18-12-6-7-13(19)16(12)10-4-2-1-3-5-11-17-14(20)8-9-15(17)21/h6-9H,1-5,10-11H2. The van der Waals surface area contributed by atoms with Crippen molar-refractivity contribution in [2.45, 2.75) is 32.1 Å². The van der Waals surface area contributed by atoms with Crippen LogP contribution in [0.25, 0.3) is 0 Å². The number of carbonyl (C=O) groups excluding carboxylic acids is 4. The summed E-state index contributed by atoms with van der Waals surface area (Å²) in [4.78, 5) is 47.7. The molecule has 0 aromatic heterocycles. The highest BCUT2D eigenvalue weighted by atomic mass is 16.2. The van der Waals surface area contributed by atoms with E-state index < -0.39 is 0 Å². The number of imide groups is 2. The van der Waals surface area contributed by atoms with Crippen molar-refractivity contribution in [1.29, 1.82) is 0 Å². The molecule has 2 rings (SSSR count). The summed E-state index contributed by atoms with van der Waals surface area (Å²) in [5.41, 5.74) is 0. The maximum Gasteiger partial charge on any atom is 0.253 e. The first-order chi connectivity index (χ1) is 10.1. The fourth-order valence-corrected chi connectivity index (χ4v) is 2.37. The van der Waals surface area contributed by atoms with E-state index in [1.807, 2.05) is 0 Å². The predicted octanol–water partition coefficient (Wildman–Crippen LogP) is 0.787. The molecule has 2 aliphatic rings. The molecular weight excluding hydrogens is 272 g/mol. The second-order valence-electron chi connectivity index (χ2n) is 5.09. The van der Waals surface area contributed by atoms with Gasteiger partial charge in [0.1, 0.15) is 0 Å². The number of unbranched alkanes of at least 4 members (excludes halogenated alkanes) is 4. The monoisotopic (exact) mass is 290 g/mol. The van der Waals surface area contributed by atoms with Crippen LogP contribution in [0.2, 0.25) is 0 Å². The number of amides is 4. The van der Waals surface area contributed by atoms with Crippen LogP contribution >= 0.6 is 0 Å². The Morgan fingerprint density at radius 1 is 0.524 bits per heavy atom. The molecule has 0 bridgehead atoms. The Kier molecular flexibility index (Phi) is 5.03. The van der Waals surface area contributed by atoms with Gasteiger partial charge in [0.05, 0.1) is 0 Å². The lowest BCUT2D eigenvalue weighted by molar-refractivity contribution is -0.138. The lowest BCUT2D eigenvalue weighted by Gasteiger charge is -2.14. The second kappa shape index (κ2) is 6.97. The van der Waals surface area contributed by atoms with Crippen molar-refractivity contribution in [1.82, 2.24) is 9.80 Å². The third-order valence-electron chi connectivity index (χ3n) is 3.56. The summed E-state index contributed by atoms with van der Waals surface area (Å²) < 4.78 is 0. The molecule has 0 saturated carbocycles. The van der Waals surface area contributed by atoms with Crippen molar-refractivity contribution < 1.29 is 19.2 Å². The second-order valence-corrected chi connectivity index (χ2v) is 5.09. The zero-order valence-corrected chi connectivity index (χ0v) is 11.8. The average molecular weight is 290 g/mol. The summed E-state index contributed by atoms with van der Waals surface area (Å²) in [6.45, 7) is 0.912. The molecule has 0 N–H and O–H groups in total. The predicted molar refractivity (Wildman–Crippen MR) is 74.8 cm³/mol. The minimum absolute atomic E-state index is 0.237. The molecule has 6 nitrogen and oxygen atoms in total. The minimum Gasteiger partial charge on any atom is -0.275 e. The SMILES string of the molecule is O=C1C=CC(=O)N1CCCCCCCN1C(=O)C=CC1=O. The van der Waals surface area contributed by atoms with Crippen LogP contribution in [0.15, 0.2) is 24.3 Å². The Bertz CT molecular complexity index is 440. The number of rotatable bonds is 8. The Morgan fingerprint density at radius 2 is 0.810 bits per heavy atom. The fourth-order valence-electron chi connectivity index (χ4n) is 2.37. The first-order valence-electron chi connectivity index (χ1n) is 7.16. The van der Waals surface area contributed by atoms with Crippen LogP contribution in [0.4, 0.5) is 0 Å². The average Bonchev–Trinajstić information content (AvgIpc) is 2.94. The van der Waals surface area contributed by atoms with Crippen molar-refractivity contribution in [2.75, 3.05) is 13.1 Å². The largest absolute Gasteiger partial charge is 0.275 e. The summed E-state index contributed by atoms with van der Waals surface area (Å²) in [5.74, 6) is -0.950. The highest BCUT2D eigenvalue weighted by Gasteiger charge is 2.23. The van der Waals surface area contributed by atoms with Gasteiger partial charge in [0.25, 0.3) is 23.6 Å². The molecule has 6 heteroatoms. The van der Waals surface area contributed by atoms with E-state index in [0.29, 0.717) is 13.1 Å². The van der Waals surface area contributed by atoms with Crippen molar-refractivity contribution in [3.05, 3.63) is 24.3 Å².